The molecule has 156 valence electrons. The van der Waals surface area contributed by atoms with Crippen molar-refractivity contribution in [1.82, 2.24) is 19.5 Å². The van der Waals surface area contributed by atoms with E-state index < -0.39 is 0 Å². The molecule has 2 aromatic heterocycles. The van der Waals surface area contributed by atoms with E-state index >= 15 is 0 Å². The summed E-state index contributed by atoms with van der Waals surface area (Å²) in [7, 11) is 0. The number of nitrogens with zero attached hydrogens (tertiary/aromatic N) is 4. The van der Waals surface area contributed by atoms with Crippen molar-refractivity contribution in [2.45, 2.75) is 20.8 Å². The van der Waals surface area contributed by atoms with Gasteiger partial charge in [0.1, 0.15) is 23.7 Å². The molecule has 0 radical (unpaired) electrons. The van der Waals surface area contributed by atoms with E-state index in [0.717, 1.165) is 15.9 Å². The van der Waals surface area contributed by atoms with Crippen LogP contribution in [0.1, 0.15) is 27.6 Å². The molecule has 2 heterocycles. The summed E-state index contributed by atoms with van der Waals surface area (Å²) in [5.74, 6) is 2.14. The van der Waals surface area contributed by atoms with Gasteiger partial charge in [0.05, 0.1) is 5.69 Å². The topological polar surface area (TPSA) is 81.9 Å². The van der Waals surface area contributed by atoms with Crippen molar-refractivity contribution in [1.29, 1.82) is 0 Å². The normalized spacial score (nSPS) is 10.7. The summed E-state index contributed by atoms with van der Waals surface area (Å²) in [5.41, 5.74) is 3.20. The number of ether oxygens (including phenoxy) is 1. The van der Waals surface area contributed by atoms with E-state index in [0.29, 0.717) is 34.5 Å². The van der Waals surface area contributed by atoms with Crippen molar-refractivity contribution in [2.24, 2.45) is 0 Å². The Morgan fingerprint density at radius 2 is 1.71 bits per heavy atom. The van der Waals surface area contributed by atoms with Crippen LogP contribution in [-0.2, 0) is 0 Å². The van der Waals surface area contributed by atoms with Gasteiger partial charge in [0.25, 0.3) is 5.91 Å². The molecule has 0 atom stereocenters. The first-order valence-electron chi connectivity index (χ1n) is 9.60. The maximum atomic E-state index is 12.4. The zero-order valence-electron chi connectivity index (χ0n) is 17.3. The van der Waals surface area contributed by atoms with Crippen LogP contribution in [0.2, 0.25) is 0 Å². The van der Waals surface area contributed by atoms with Crippen LogP contribution in [0.3, 0.4) is 0 Å². The highest BCUT2D eigenvalue weighted by Gasteiger charge is 2.10. The van der Waals surface area contributed by atoms with Crippen molar-refractivity contribution in [3.63, 3.8) is 0 Å². The highest BCUT2D eigenvalue weighted by molar-refractivity contribution is 9.10. The quantitative estimate of drug-likeness (QED) is 0.416. The fourth-order valence-electron chi connectivity index (χ4n) is 2.96. The average molecular weight is 478 g/mol. The molecule has 0 aliphatic rings. The van der Waals surface area contributed by atoms with Crippen molar-refractivity contribution < 1.29 is 9.53 Å². The second-order valence-corrected chi connectivity index (χ2v) is 7.90. The molecule has 0 bridgehead atoms. The van der Waals surface area contributed by atoms with Crippen molar-refractivity contribution >= 4 is 27.5 Å². The lowest BCUT2D eigenvalue weighted by molar-refractivity contribution is 0.102. The van der Waals surface area contributed by atoms with E-state index in [1.807, 2.05) is 37.5 Å². The van der Waals surface area contributed by atoms with Crippen molar-refractivity contribution in [2.75, 3.05) is 5.32 Å². The van der Waals surface area contributed by atoms with Gasteiger partial charge < -0.3 is 10.1 Å². The molecule has 0 saturated heterocycles. The third-order valence-electron chi connectivity index (χ3n) is 4.74. The Bertz CT molecular complexity index is 1230. The summed E-state index contributed by atoms with van der Waals surface area (Å²) in [6.45, 7) is 5.76. The van der Waals surface area contributed by atoms with Crippen LogP contribution in [0, 0.1) is 20.8 Å². The first kappa shape index (κ1) is 20.7. The van der Waals surface area contributed by atoms with E-state index in [9.17, 15) is 4.79 Å². The molecular weight excluding hydrogens is 458 g/mol. The number of amides is 1. The molecule has 7 nitrogen and oxygen atoms in total. The first-order chi connectivity index (χ1) is 14.9. The van der Waals surface area contributed by atoms with Crippen LogP contribution in [0.15, 0.2) is 65.4 Å². The first-order valence-corrected chi connectivity index (χ1v) is 10.4. The predicted molar refractivity (Wildman–Crippen MR) is 122 cm³/mol. The SMILES string of the molecule is Cc1nc(Oc2ccc(NC(=O)c3ccc(Br)cc3)cc2)cc(-n2cnc(C)c2C)n1. The largest absolute Gasteiger partial charge is 0.439 e. The molecule has 31 heavy (non-hydrogen) atoms. The minimum absolute atomic E-state index is 0.178. The van der Waals surface area contributed by atoms with Gasteiger partial charge in [0, 0.05) is 27.5 Å². The van der Waals surface area contributed by atoms with E-state index in [1.54, 1.807) is 48.8 Å². The van der Waals surface area contributed by atoms with E-state index in [-0.39, 0.29) is 5.91 Å². The predicted octanol–water partition coefficient (Wildman–Crippen LogP) is 5.39. The molecule has 2 aromatic carbocycles. The number of carbonyl (C=O) groups is 1. The van der Waals surface area contributed by atoms with Gasteiger partial charge >= 0.3 is 0 Å². The third kappa shape index (κ3) is 4.80. The van der Waals surface area contributed by atoms with E-state index in [1.165, 1.54) is 0 Å². The fraction of sp³-hybridized carbons (Fsp3) is 0.130. The monoisotopic (exact) mass is 477 g/mol. The van der Waals surface area contributed by atoms with Gasteiger partial charge in [-0.3, -0.25) is 9.36 Å². The van der Waals surface area contributed by atoms with Crippen LogP contribution in [0.25, 0.3) is 5.82 Å². The maximum absolute atomic E-state index is 12.4. The number of halogens is 1. The van der Waals surface area contributed by atoms with Gasteiger partial charge in [-0.1, -0.05) is 15.9 Å². The summed E-state index contributed by atoms with van der Waals surface area (Å²) in [5, 5.41) is 2.87. The zero-order chi connectivity index (χ0) is 22.0. The van der Waals surface area contributed by atoms with Gasteiger partial charge in [-0.2, -0.15) is 4.98 Å². The summed E-state index contributed by atoms with van der Waals surface area (Å²) < 4.78 is 8.75. The molecular formula is C23H20BrN5O2. The van der Waals surface area contributed by atoms with Crippen LogP contribution < -0.4 is 10.1 Å². The van der Waals surface area contributed by atoms with Crippen LogP contribution in [-0.4, -0.2) is 25.4 Å². The number of anilines is 1. The lowest BCUT2D eigenvalue weighted by Crippen LogP contribution is -2.11. The van der Waals surface area contributed by atoms with Gasteiger partial charge in [0.2, 0.25) is 5.88 Å². The number of aromatic nitrogens is 4. The molecule has 0 fully saturated rings. The standard InChI is InChI=1S/C23H20BrN5O2/c1-14-15(2)29(13-25-14)21-12-22(27-16(3)26-21)31-20-10-8-19(9-11-20)28-23(30)17-4-6-18(24)7-5-17/h4-13H,1-3H3,(H,28,30). The van der Waals surface area contributed by atoms with E-state index in [2.05, 4.69) is 36.2 Å². The zero-order valence-corrected chi connectivity index (χ0v) is 18.8. The molecule has 0 unspecified atom stereocenters. The lowest BCUT2D eigenvalue weighted by Gasteiger charge is -2.10. The highest BCUT2D eigenvalue weighted by atomic mass is 79.9. The molecule has 0 saturated carbocycles. The summed E-state index contributed by atoms with van der Waals surface area (Å²) in [4.78, 5) is 25.5. The van der Waals surface area contributed by atoms with Gasteiger partial charge in [-0.05, 0) is 69.3 Å². The number of hydrogen-bond acceptors (Lipinski definition) is 5. The number of imidazole rings is 1. The highest BCUT2D eigenvalue weighted by Crippen LogP contribution is 2.24. The summed E-state index contributed by atoms with van der Waals surface area (Å²) >= 11 is 3.36. The lowest BCUT2D eigenvalue weighted by atomic mass is 10.2. The molecule has 4 rings (SSSR count). The maximum Gasteiger partial charge on any atom is 0.255 e. The number of hydrogen-bond donors (Lipinski definition) is 1. The Balaban J connectivity index is 1.48. The summed E-state index contributed by atoms with van der Waals surface area (Å²) in [6, 6.07) is 16.1. The molecule has 4 aromatic rings. The Labute approximate surface area is 188 Å². The van der Waals surface area contributed by atoms with E-state index in [4.69, 9.17) is 4.74 Å². The molecule has 0 spiro atoms. The molecule has 1 amide bonds. The number of benzene rings is 2. The van der Waals surface area contributed by atoms with Crippen LogP contribution in [0.5, 0.6) is 11.6 Å². The minimum atomic E-state index is -0.178. The number of rotatable bonds is 5. The minimum Gasteiger partial charge on any atom is -0.439 e. The third-order valence-corrected chi connectivity index (χ3v) is 5.27. The average Bonchev–Trinajstić information content (AvgIpc) is 3.08. The number of nitrogens with one attached hydrogen (secondary N) is 1. The van der Waals surface area contributed by atoms with Gasteiger partial charge in [-0.15, -0.1) is 0 Å². The Morgan fingerprint density at radius 3 is 2.35 bits per heavy atom. The fourth-order valence-corrected chi connectivity index (χ4v) is 3.23. The Kier molecular flexibility index (Phi) is 5.81. The van der Waals surface area contributed by atoms with Gasteiger partial charge in [-0.25, -0.2) is 9.97 Å². The van der Waals surface area contributed by atoms with Crippen molar-refractivity contribution in [3.05, 3.63) is 88.2 Å². The Morgan fingerprint density at radius 1 is 1.00 bits per heavy atom. The molecule has 8 heteroatoms. The van der Waals surface area contributed by atoms with Gasteiger partial charge in [0.15, 0.2) is 0 Å². The van der Waals surface area contributed by atoms with Crippen molar-refractivity contribution in [3.8, 4) is 17.4 Å². The smallest absolute Gasteiger partial charge is 0.255 e. The number of carbonyl (C=O) groups excluding carboxylic acids is 1. The Hall–Kier alpha value is -3.52. The molecule has 1 N–H and O–H groups in total. The second-order valence-electron chi connectivity index (χ2n) is 6.98. The van der Waals surface area contributed by atoms with Crippen LogP contribution in [0.4, 0.5) is 5.69 Å². The van der Waals surface area contributed by atoms with Crippen LogP contribution >= 0.6 is 15.9 Å². The number of aryl methyl sites for hydroxylation is 2. The second kappa shape index (κ2) is 8.69. The molecule has 0 aliphatic heterocycles. The summed E-state index contributed by atoms with van der Waals surface area (Å²) in [6.07, 6.45) is 1.74. The molecule has 0 aliphatic carbocycles.